The van der Waals surface area contributed by atoms with Gasteiger partial charge in [-0.05, 0) is 38.0 Å². The zero-order valence-electron chi connectivity index (χ0n) is 14.5. The molecule has 5 heteroatoms. The molecule has 3 aromatic rings. The van der Waals surface area contributed by atoms with Crippen LogP contribution in [0.2, 0.25) is 0 Å². The second kappa shape index (κ2) is 6.51. The van der Waals surface area contributed by atoms with Gasteiger partial charge in [0.05, 0.1) is 12.2 Å². The Morgan fingerprint density at radius 1 is 1.25 bits per heavy atom. The Hall–Kier alpha value is -2.56. The average Bonchev–Trinajstić information content (AvgIpc) is 3.11. The van der Waals surface area contributed by atoms with E-state index in [1.54, 1.807) is 11.9 Å². The van der Waals surface area contributed by atoms with Gasteiger partial charge in [0.1, 0.15) is 5.58 Å². The van der Waals surface area contributed by atoms with Crippen LogP contribution in [-0.4, -0.2) is 23.0 Å². The lowest BCUT2D eigenvalue weighted by Gasteiger charge is -2.13. The molecule has 1 amide bonds. The van der Waals surface area contributed by atoms with E-state index in [1.165, 1.54) is 5.56 Å². The Morgan fingerprint density at radius 2 is 2.04 bits per heavy atom. The van der Waals surface area contributed by atoms with Crippen LogP contribution in [0.1, 0.15) is 46.5 Å². The molecule has 0 aliphatic heterocycles. The molecule has 5 nitrogen and oxygen atoms in total. The minimum atomic E-state index is -0.158. The lowest BCUT2D eigenvalue weighted by Crippen LogP contribution is -2.26. The number of hydrogen-bond donors (Lipinski definition) is 0. The molecular formula is C19H22N2O3. The van der Waals surface area contributed by atoms with Crippen LogP contribution in [0.25, 0.3) is 11.0 Å². The fourth-order valence-electron chi connectivity index (χ4n) is 2.89. The highest BCUT2D eigenvalue weighted by Gasteiger charge is 2.22. The highest BCUT2D eigenvalue weighted by Crippen LogP contribution is 2.27. The van der Waals surface area contributed by atoms with E-state index < -0.39 is 0 Å². The van der Waals surface area contributed by atoms with Gasteiger partial charge in [-0.3, -0.25) is 4.79 Å². The van der Waals surface area contributed by atoms with E-state index in [1.807, 2.05) is 26.0 Å². The summed E-state index contributed by atoms with van der Waals surface area (Å²) in [5, 5.41) is 4.85. The lowest BCUT2D eigenvalue weighted by molar-refractivity contribution is 0.0742. The summed E-state index contributed by atoms with van der Waals surface area (Å²) < 4.78 is 11.0. The van der Waals surface area contributed by atoms with Gasteiger partial charge in [0.25, 0.3) is 5.91 Å². The zero-order chi connectivity index (χ0) is 17.3. The van der Waals surface area contributed by atoms with Crippen LogP contribution in [0.3, 0.4) is 0 Å². The van der Waals surface area contributed by atoms with Gasteiger partial charge in [0.2, 0.25) is 0 Å². The first-order chi connectivity index (χ1) is 11.5. The highest BCUT2D eigenvalue weighted by atomic mass is 16.5. The predicted molar refractivity (Wildman–Crippen MR) is 92.0 cm³/mol. The fraction of sp³-hybridized carbons (Fsp3) is 0.368. The first-order valence-corrected chi connectivity index (χ1v) is 8.19. The molecule has 0 saturated heterocycles. The van der Waals surface area contributed by atoms with Gasteiger partial charge in [-0.1, -0.05) is 24.6 Å². The first kappa shape index (κ1) is 16.3. The molecular weight excluding hydrogens is 304 g/mol. The Morgan fingerprint density at radius 3 is 2.71 bits per heavy atom. The molecule has 2 aromatic heterocycles. The lowest BCUT2D eigenvalue weighted by atomic mass is 10.1. The zero-order valence-corrected chi connectivity index (χ0v) is 14.5. The molecule has 0 bridgehead atoms. The van der Waals surface area contributed by atoms with Crippen molar-refractivity contribution in [1.29, 1.82) is 0 Å². The van der Waals surface area contributed by atoms with Crippen LogP contribution in [0.15, 0.2) is 33.2 Å². The number of nitrogens with zero attached hydrogens (tertiary/aromatic N) is 2. The van der Waals surface area contributed by atoms with Gasteiger partial charge in [0.15, 0.2) is 11.5 Å². The normalized spacial score (nSPS) is 11.2. The van der Waals surface area contributed by atoms with Crippen molar-refractivity contribution in [2.45, 2.75) is 40.2 Å². The van der Waals surface area contributed by atoms with Crippen molar-refractivity contribution in [2.24, 2.45) is 0 Å². The monoisotopic (exact) mass is 326 g/mol. The van der Waals surface area contributed by atoms with Crippen molar-refractivity contribution in [1.82, 2.24) is 10.1 Å². The Balaban J connectivity index is 1.87. The van der Waals surface area contributed by atoms with Crippen LogP contribution in [0.4, 0.5) is 0 Å². The number of carbonyl (C=O) groups is 1. The molecule has 0 aliphatic carbocycles. The van der Waals surface area contributed by atoms with E-state index in [9.17, 15) is 4.79 Å². The van der Waals surface area contributed by atoms with E-state index in [0.717, 1.165) is 35.1 Å². The van der Waals surface area contributed by atoms with Gasteiger partial charge in [-0.15, -0.1) is 0 Å². The molecule has 0 radical (unpaired) electrons. The molecule has 0 N–H and O–H groups in total. The van der Waals surface area contributed by atoms with Crippen molar-refractivity contribution in [3.8, 4) is 0 Å². The van der Waals surface area contributed by atoms with Gasteiger partial charge in [-0.2, -0.15) is 0 Å². The summed E-state index contributed by atoms with van der Waals surface area (Å²) in [6.45, 7) is 6.30. The first-order valence-electron chi connectivity index (χ1n) is 8.19. The third kappa shape index (κ3) is 3.07. The predicted octanol–water partition coefficient (Wildman–Crippen LogP) is 4.26. The number of furan rings is 1. The molecule has 24 heavy (non-hydrogen) atoms. The second-order valence-corrected chi connectivity index (χ2v) is 6.23. The summed E-state index contributed by atoms with van der Waals surface area (Å²) in [5.41, 5.74) is 3.70. The Kier molecular flexibility index (Phi) is 4.42. The van der Waals surface area contributed by atoms with Gasteiger partial charge >= 0.3 is 0 Å². The summed E-state index contributed by atoms with van der Waals surface area (Å²) in [5.74, 6) is 0.884. The Bertz CT molecular complexity index is 876. The van der Waals surface area contributed by atoms with E-state index in [-0.39, 0.29) is 5.91 Å². The molecule has 0 saturated carbocycles. The number of amides is 1. The summed E-state index contributed by atoms with van der Waals surface area (Å²) >= 11 is 0. The smallest absolute Gasteiger partial charge is 0.290 e. The molecule has 126 valence electrons. The highest BCUT2D eigenvalue weighted by molar-refractivity contribution is 5.98. The number of aryl methyl sites for hydroxylation is 3. The standard InChI is InChI=1S/C19H22N2O3/c1-5-6-14-7-8-17-16(10-14)13(3)18(23-17)19(22)21(4)11-15-9-12(2)20-24-15/h7-10H,5-6,11H2,1-4H3. The van der Waals surface area contributed by atoms with Gasteiger partial charge in [-0.25, -0.2) is 0 Å². The summed E-state index contributed by atoms with van der Waals surface area (Å²) in [4.78, 5) is 14.3. The number of hydrogen-bond acceptors (Lipinski definition) is 4. The maximum absolute atomic E-state index is 12.7. The van der Waals surface area contributed by atoms with Gasteiger partial charge < -0.3 is 13.8 Å². The molecule has 3 rings (SSSR count). The van der Waals surface area contributed by atoms with E-state index in [4.69, 9.17) is 8.94 Å². The number of carbonyl (C=O) groups excluding carboxylic acids is 1. The van der Waals surface area contributed by atoms with Crippen LogP contribution in [0.5, 0.6) is 0 Å². The number of aromatic nitrogens is 1. The quantitative estimate of drug-likeness (QED) is 0.703. The van der Waals surface area contributed by atoms with E-state index >= 15 is 0 Å². The summed E-state index contributed by atoms with van der Waals surface area (Å²) in [6.07, 6.45) is 2.11. The minimum absolute atomic E-state index is 0.158. The van der Waals surface area contributed by atoms with Crippen LogP contribution in [0, 0.1) is 13.8 Å². The summed E-state index contributed by atoms with van der Waals surface area (Å²) in [6, 6.07) is 7.95. The molecule has 0 spiro atoms. The molecule has 0 unspecified atom stereocenters. The Labute approximate surface area is 141 Å². The maximum atomic E-state index is 12.7. The largest absolute Gasteiger partial charge is 0.451 e. The third-order valence-corrected chi connectivity index (χ3v) is 4.15. The van der Waals surface area contributed by atoms with Crippen LogP contribution >= 0.6 is 0 Å². The van der Waals surface area contributed by atoms with Crippen molar-refractivity contribution in [3.05, 3.63) is 52.6 Å². The third-order valence-electron chi connectivity index (χ3n) is 4.15. The molecule has 0 fully saturated rings. The van der Waals surface area contributed by atoms with Crippen molar-refractivity contribution >= 4 is 16.9 Å². The minimum Gasteiger partial charge on any atom is -0.451 e. The van der Waals surface area contributed by atoms with Crippen LogP contribution in [-0.2, 0) is 13.0 Å². The van der Waals surface area contributed by atoms with Crippen molar-refractivity contribution in [3.63, 3.8) is 0 Å². The van der Waals surface area contributed by atoms with E-state index in [0.29, 0.717) is 18.1 Å². The molecule has 1 aromatic carbocycles. The maximum Gasteiger partial charge on any atom is 0.290 e. The molecule has 2 heterocycles. The SMILES string of the molecule is CCCc1ccc2oc(C(=O)N(C)Cc3cc(C)no3)c(C)c2c1. The van der Waals surface area contributed by atoms with Gasteiger partial charge in [0, 0.05) is 24.1 Å². The number of rotatable bonds is 5. The molecule has 0 atom stereocenters. The average molecular weight is 326 g/mol. The number of benzene rings is 1. The molecule has 0 aliphatic rings. The van der Waals surface area contributed by atoms with E-state index in [2.05, 4.69) is 24.2 Å². The van der Waals surface area contributed by atoms with Crippen molar-refractivity contribution in [2.75, 3.05) is 7.05 Å². The fourth-order valence-corrected chi connectivity index (χ4v) is 2.89. The van der Waals surface area contributed by atoms with Crippen LogP contribution < -0.4 is 0 Å². The van der Waals surface area contributed by atoms with Crippen molar-refractivity contribution < 1.29 is 13.7 Å². The second-order valence-electron chi connectivity index (χ2n) is 6.23. The number of fused-ring (bicyclic) bond motifs is 1. The topological polar surface area (TPSA) is 59.5 Å². The summed E-state index contributed by atoms with van der Waals surface area (Å²) in [7, 11) is 1.73.